The van der Waals surface area contributed by atoms with Crippen molar-refractivity contribution in [3.05, 3.63) is 30.3 Å². The molecule has 2 atom stereocenters. The highest BCUT2D eigenvalue weighted by Gasteiger charge is 2.41. The summed E-state index contributed by atoms with van der Waals surface area (Å²) in [5.74, 6) is -0.298. The minimum absolute atomic E-state index is 0.298. The van der Waals surface area contributed by atoms with E-state index in [4.69, 9.17) is 14.3 Å². The second-order valence-corrected chi connectivity index (χ2v) is 5.94. The summed E-state index contributed by atoms with van der Waals surface area (Å²) in [5, 5.41) is 1.59. The molecule has 1 saturated heterocycles. The zero-order chi connectivity index (χ0) is 15.5. The number of hydroxylamine groups is 1. The van der Waals surface area contributed by atoms with E-state index >= 15 is 0 Å². The predicted octanol–water partition coefficient (Wildman–Crippen LogP) is 2.90. The molecule has 0 unspecified atom stereocenters. The molecule has 21 heavy (non-hydrogen) atoms. The fourth-order valence-corrected chi connectivity index (χ4v) is 2.18. The lowest BCUT2D eigenvalue weighted by Gasteiger charge is -2.26. The number of esters is 1. The molecule has 0 spiro atoms. The Labute approximate surface area is 125 Å². The third kappa shape index (κ3) is 4.19. The number of benzene rings is 1. The van der Waals surface area contributed by atoms with Gasteiger partial charge >= 0.3 is 5.97 Å². The zero-order valence-electron chi connectivity index (χ0n) is 13.0. The van der Waals surface area contributed by atoms with Crippen LogP contribution in [0.15, 0.2) is 30.3 Å². The van der Waals surface area contributed by atoms with E-state index in [-0.39, 0.29) is 5.97 Å². The Morgan fingerprint density at radius 2 is 2.00 bits per heavy atom. The van der Waals surface area contributed by atoms with Crippen LogP contribution in [-0.2, 0) is 19.1 Å². The van der Waals surface area contributed by atoms with E-state index in [1.807, 2.05) is 58.0 Å². The number of carbonyl (C=O) groups is 1. The molecule has 1 aromatic carbocycles. The Morgan fingerprint density at radius 1 is 1.33 bits per heavy atom. The summed E-state index contributed by atoms with van der Waals surface area (Å²) >= 11 is 0. The second-order valence-electron chi connectivity index (χ2n) is 5.94. The minimum atomic E-state index is -0.525. The Bertz CT molecular complexity index is 469. The van der Waals surface area contributed by atoms with Gasteiger partial charge in [0.05, 0.1) is 5.69 Å². The molecule has 2 rings (SSSR count). The van der Waals surface area contributed by atoms with Gasteiger partial charge in [-0.05, 0) is 39.8 Å². The zero-order valence-corrected chi connectivity index (χ0v) is 13.0. The largest absolute Gasteiger partial charge is 0.458 e. The minimum Gasteiger partial charge on any atom is -0.458 e. The molecule has 0 N–H and O–H groups in total. The van der Waals surface area contributed by atoms with Crippen molar-refractivity contribution in [2.75, 3.05) is 11.7 Å². The maximum atomic E-state index is 12.4. The van der Waals surface area contributed by atoms with Crippen LogP contribution in [0.25, 0.3) is 0 Å². The van der Waals surface area contributed by atoms with Crippen molar-refractivity contribution in [2.24, 2.45) is 0 Å². The highest BCUT2D eigenvalue weighted by atomic mass is 16.8. The summed E-state index contributed by atoms with van der Waals surface area (Å²) in [5.41, 5.74) is 0.291. The molecule has 1 aliphatic rings. The molecule has 1 aliphatic heterocycles. The van der Waals surface area contributed by atoms with Crippen molar-refractivity contribution in [3.63, 3.8) is 0 Å². The monoisotopic (exact) mass is 293 g/mol. The van der Waals surface area contributed by atoms with Gasteiger partial charge in [0.2, 0.25) is 0 Å². The summed E-state index contributed by atoms with van der Waals surface area (Å²) in [6.45, 7) is 8.00. The summed E-state index contributed by atoms with van der Waals surface area (Å²) in [7, 11) is 0. The molecule has 1 aromatic rings. The number of carbonyl (C=O) groups excluding carboxylic acids is 1. The van der Waals surface area contributed by atoms with E-state index in [1.54, 1.807) is 5.06 Å². The van der Waals surface area contributed by atoms with Gasteiger partial charge in [0, 0.05) is 13.0 Å². The maximum absolute atomic E-state index is 12.4. The van der Waals surface area contributed by atoms with Crippen LogP contribution in [0.4, 0.5) is 5.69 Å². The Kier molecular flexibility index (Phi) is 4.85. The normalized spacial score (nSPS) is 22.4. The fourth-order valence-electron chi connectivity index (χ4n) is 2.18. The van der Waals surface area contributed by atoms with Crippen LogP contribution in [0.2, 0.25) is 0 Å². The number of rotatable bonds is 4. The molecule has 0 bridgehead atoms. The van der Waals surface area contributed by atoms with Gasteiger partial charge in [0.25, 0.3) is 0 Å². The highest BCUT2D eigenvalue weighted by Crippen LogP contribution is 2.30. The average molecular weight is 293 g/mol. The average Bonchev–Trinajstić information content (AvgIpc) is 2.82. The topological polar surface area (TPSA) is 48.0 Å². The van der Waals surface area contributed by atoms with Crippen LogP contribution in [0, 0.1) is 0 Å². The summed E-state index contributed by atoms with van der Waals surface area (Å²) in [6, 6.07) is 9.01. The van der Waals surface area contributed by atoms with Crippen LogP contribution >= 0.6 is 0 Å². The molecule has 0 radical (unpaired) electrons. The van der Waals surface area contributed by atoms with Gasteiger partial charge in [-0.1, -0.05) is 18.2 Å². The first-order chi connectivity index (χ1) is 9.90. The number of nitrogens with zero attached hydrogens (tertiary/aromatic N) is 1. The molecule has 5 nitrogen and oxygen atoms in total. The number of hydrogen-bond acceptors (Lipinski definition) is 5. The molecule has 1 heterocycles. The number of ether oxygens (including phenoxy) is 2. The van der Waals surface area contributed by atoms with Gasteiger partial charge in [-0.2, -0.15) is 0 Å². The van der Waals surface area contributed by atoms with Gasteiger partial charge in [0.1, 0.15) is 5.60 Å². The van der Waals surface area contributed by atoms with Crippen molar-refractivity contribution in [3.8, 4) is 0 Å². The lowest BCUT2D eigenvalue weighted by Crippen LogP contribution is -2.40. The van der Waals surface area contributed by atoms with E-state index < -0.39 is 17.9 Å². The quantitative estimate of drug-likeness (QED) is 0.799. The first kappa shape index (κ1) is 15.8. The number of anilines is 1. The first-order valence-electron chi connectivity index (χ1n) is 7.26. The Balaban J connectivity index is 2.17. The standard InChI is InChI=1S/C16H23NO4/c1-5-19-14-11-13(15(18)20-16(2,3)4)17(21-14)12-9-7-6-8-10-12/h6-10,13-14H,5,11H2,1-4H3/t13-,14+/m1/s1. The molecule has 116 valence electrons. The molecule has 0 amide bonds. The van der Waals surface area contributed by atoms with Crippen molar-refractivity contribution in [2.45, 2.75) is 52.0 Å². The smallest absolute Gasteiger partial charge is 0.332 e. The molecule has 0 aromatic heterocycles. The van der Waals surface area contributed by atoms with Crippen LogP contribution in [0.5, 0.6) is 0 Å². The van der Waals surface area contributed by atoms with E-state index in [2.05, 4.69) is 0 Å². The molecule has 5 heteroatoms. The van der Waals surface area contributed by atoms with Gasteiger partial charge in [0.15, 0.2) is 12.3 Å². The molecule has 0 saturated carbocycles. The summed E-state index contributed by atoms with van der Waals surface area (Å²) < 4.78 is 11.0. The molecule has 1 fully saturated rings. The first-order valence-corrected chi connectivity index (χ1v) is 7.26. The lowest BCUT2D eigenvalue weighted by molar-refractivity contribution is -0.156. The third-order valence-corrected chi connectivity index (χ3v) is 2.97. The molecular weight excluding hydrogens is 270 g/mol. The van der Waals surface area contributed by atoms with Crippen LogP contribution in [0.1, 0.15) is 34.1 Å². The summed E-state index contributed by atoms with van der Waals surface area (Å²) in [6.07, 6.45) is 0.0326. The van der Waals surface area contributed by atoms with Crippen LogP contribution in [0.3, 0.4) is 0 Å². The molecule has 0 aliphatic carbocycles. The Hall–Kier alpha value is -1.59. The van der Waals surface area contributed by atoms with Crippen molar-refractivity contribution in [1.29, 1.82) is 0 Å². The highest BCUT2D eigenvalue weighted by molar-refractivity contribution is 5.80. The van der Waals surface area contributed by atoms with Crippen molar-refractivity contribution >= 4 is 11.7 Å². The Morgan fingerprint density at radius 3 is 2.57 bits per heavy atom. The number of para-hydroxylation sites is 1. The molecular formula is C16H23NO4. The number of hydrogen-bond donors (Lipinski definition) is 0. The SMILES string of the molecule is CCO[C@@H]1C[C@H](C(=O)OC(C)(C)C)N(c2ccccc2)O1. The van der Waals surface area contributed by atoms with Gasteiger partial charge in [-0.3, -0.25) is 0 Å². The van der Waals surface area contributed by atoms with Crippen molar-refractivity contribution < 1.29 is 19.1 Å². The van der Waals surface area contributed by atoms with E-state index in [0.717, 1.165) is 5.69 Å². The van der Waals surface area contributed by atoms with Crippen LogP contribution < -0.4 is 5.06 Å². The lowest BCUT2D eigenvalue weighted by atomic mass is 10.1. The van der Waals surface area contributed by atoms with E-state index in [1.165, 1.54) is 0 Å². The summed E-state index contributed by atoms with van der Waals surface area (Å²) in [4.78, 5) is 18.1. The van der Waals surface area contributed by atoms with Crippen molar-refractivity contribution in [1.82, 2.24) is 0 Å². The van der Waals surface area contributed by atoms with Gasteiger partial charge in [-0.15, -0.1) is 0 Å². The van der Waals surface area contributed by atoms with E-state index in [0.29, 0.717) is 13.0 Å². The fraction of sp³-hybridized carbons (Fsp3) is 0.562. The van der Waals surface area contributed by atoms with Gasteiger partial charge < -0.3 is 9.47 Å². The van der Waals surface area contributed by atoms with Crippen LogP contribution in [-0.4, -0.2) is 30.5 Å². The predicted molar refractivity (Wildman–Crippen MR) is 79.7 cm³/mol. The third-order valence-electron chi connectivity index (χ3n) is 2.97. The van der Waals surface area contributed by atoms with Gasteiger partial charge in [-0.25, -0.2) is 14.7 Å². The maximum Gasteiger partial charge on any atom is 0.332 e. The van der Waals surface area contributed by atoms with E-state index in [9.17, 15) is 4.79 Å². The second kappa shape index (κ2) is 6.45.